The molecule has 1 rings (SSSR count). The molecule has 0 bridgehead atoms. The van der Waals surface area contributed by atoms with Crippen LogP contribution in [0.1, 0.15) is 37.0 Å². The van der Waals surface area contributed by atoms with Crippen molar-refractivity contribution in [1.82, 2.24) is 10.6 Å². The van der Waals surface area contributed by atoms with Crippen LogP contribution in [0.5, 0.6) is 0 Å². The lowest BCUT2D eigenvalue weighted by Gasteiger charge is -2.24. The molecule has 5 nitrogen and oxygen atoms in total. The third kappa shape index (κ3) is 6.35. The van der Waals surface area contributed by atoms with E-state index in [1.165, 1.54) is 24.3 Å². The van der Waals surface area contributed by atoms with Gasteiger partial charge in [0, 0.05) is 30.6 Å². The predicted octanol–water partition coefficient (Wildman–Crippen LogP) is 1.19. The van der Waals surface area contributed by atoms with Gasteiger partial charge in [0.05, 0.1) is 0 Å². The molecule has 116 valence electrons. The molecule has 0 atom stereocenters. The highest BCUT2D eigenvalue weighted by Gasteiger charge is 2.17. The molecule has 6 heteroatoms. The van der Waals surface area contributed by atoms with Crippen molar-refractivity contribution < 1.29 is 14.0 Å². The quantitative estimate of drug-likeness (QED) is 0.661. The van der Waals surface area contributed by atoms with Crippen molar-refractivity contribution in [3.05, 3.63) is 35.6 Å². The van der Waals surface area contributed by atoms with Crippen molar-refractivity contribution >= 4 is 11.8 Å². The molecule has 0 heterocycles. The minimum absolute atomic E-state index is 0.0959. The smallest absolute Gasteiger partial charge is 0.251 e. The van der Waals surface area contributed by atoms with Gasteiger partial charge in [0.1, 0.15) is 5.82 Å². The fourth-order valence-corrected chi connectivity index (χ4v) is 1.65. The number of halogens is 1. The molecule has 2 amide bonds. The van der Waals surface area contributed by atoms with Crippen LogP contribution in [0.25, 0.3) is 0 Å². The lowest BCUT2D eigenvalue weighted by Crippen LogP contribution is -2.48. The monoisotopic (exact) mass is 295 g/mol. The van der Waals surface area contributed by atoms with Gasteiger partial charge in [-0.3, -0.25) is 9.59 Å². The molecule has 0 aliphatic rings. The van der Waals surface area contributed by atoms with Gasteiger partial charge in [-0.2, -0.15) is 0 Å². The number of amides is 2. The largest absolute Gasteiger partial charge is 0.352 e. The number of nitrogens with one attached hydrogen (secondary N) is 2. The van der Waals surface area contributed by atoms with E-state index in [0.717, 1.165) is 0 Å². The molecular weight excluding hydrogens is 273 g/mol. The van der Waals surface area contributed by atoms with Gasteiger partial charge in [0.25, 0.3) is 5.91 Å². The summed E-state index contributed by atoms with van der Waals surface area (Å²) in [4.78, 5) is 23.4. The van der Waals surface area contributed by atoms with E-state index in [0.29, 0.717) is 31.5 Å². The highest BCUT2D eigenvalue weighted by atomic mass is 19.1. The van der Waals surface area contributed by atoms with Gasteiger partial charge in [-0.25, -0.2) is 4.39 Å². The van der Waals surface area contributed by atoms with Gasteiger partial charge in [-0.15, -0.1) is 0 Å². The predicted molar refractivity (Wildman–Crippen MR) is 79.2 cm³/mol. The van der Waals surface area contributed by atoms with E-state index < -0.39 is 5.54 Å². The highest BCUT2D eigenvalue weighted by molar-refractivity contribution is 5.94. The summed E-state index contributed by atoms with van der Waals surface area (Å²) in [5.41, 5.74) is 5.50. The van der Waals surface area contributed by atoms with Crippen molar-refractivity contribution in [3.8, 4) is 0 Å². The standard InChI is InChI=1S/C15H22FN3O2/c1-15(2,10-17)19-13(20)4-3-9-18-14(21)11-5-7-12(16)8-6-11/h5-8H,3-4,9-10,17H2,1-2H3,(H,18,21)(H,19,20). The molecule has 0 unspecified atom stereocenters. The molecule has 0 fully saturated rings. The first-order chi connectivity index (χ1) is 9.84. The minimum Gasteiger partial charge on any atom is -0.352 e. The molecule has 0 saturated carbocycles. The van der Waals surface area contributed by atoms with Crippen LogP contribution in [0, 0.1) is 5.82 Å². The van der Waals surface area contributed by atoms with E-state index in [9.17, 15) is 14.0 Å². The maximum atomic E-state index is 12.7. The third-order valence-corrected chi connectivity index (χ3v) is 2.96. The summed E-state index contributed by atoms with van der Waals surface area (Å²) < 4.78 is 12.7. The number of nitrogens with two attached hydrogens (primary N) is 1. The van der Waals surface area contributed by atoms with E-state index in [4.69, 9.17) is 5.73 Å². The maximum Gasteiger partial charge on any atom is 0.251 e. The number of carbonyl (C=O) groups is 2. The normalized spacial score (nSPS) is 11.0. The summed E-state index contributed by atoms with van der Waals surface area (Å²) in [5.74, 6) is -0.759. The zero-order chi connectivity index (χ0) is 15.9. The molecule has 0 saturated heterocycles. The Kier molecular flexibility index (Phi) is 6.30. The lowest BCUT2D eigenvalue weighted by atomic mass is 10.1. The summed E-state index contributed by atoms with van der Waals surface area (Å²) in [5, 5.41) is 5.50. The van der Waals surface area contributed by atoms with Crippen molar-refractivity contribution in [2.75, 3.05) is 13.1 Å². The van der Waals surface area contributed by atoms with Crippen LogP contribution in [-0.2, 0) is 4.79 Å². The first-order valence-corrected chi connectivity index (χ1v) is 6.89. The number of carbonyl (C=O) groups excluding carboxylic acids is 2. The van der Waals surface area contributed by atoms with Gasteiger partial charge >= 0.3 is 0 Å². The Balaban J connectivity index is 2.26. The molecule has 1 aromatic rings. The Morgan fingerprint density at radius 3 is 2.43 bits per heavy atom. The molecule has 0 aromatic heterocycles. The average molecular weight is 295 g/mol. The fraction of sp³-hybridized carbons (Fsp3) is 0.467. The second-order valence-electron chi connectivity index (χ2n) is 5.50. The third-order valence-electron chi connectivity index (χ3n) is 2.96. The van der Waals surface area contributed by atoms with Crippen LogP contribution in [0.2, 0.25) is 0 Å². The van der Waals surface area contributed by atoms with E-state index in [-0.39, 0.29) is 17.6 Å². The minimum atomic E-state index is -0.422. The van der Waals surface area contributed by atoms with Crippen LogP contribution >= 0.6 is 0 Å². The zero-order valence-electron chi connectivity index (χ0n) is 12.4. The van der Waals surface area contributed by atoms with Crippen LogP contribution in [-0.4, -0.2) is 30.4 Å². The summed E-state index contributed by atoms with van der Waals surface area (Å²) in [6.07, 6.45) is 0.840. The van der Waals surface area contributed by atoms with Crippen LogP contribution in [0.4, 0.5) is 4.39 Å². The SMILES string of the molecule is CC(C)(CN)NC(=O)CCCNC(=O)c1ccc(F)cc1. The molecule has 0 spiro atoms. The fourth-order valence-electron chi connectivity index (χ4n) is 1.65. The number of hydrogen-bond acceptors (Lipinski definition) is 3. The van der Waals surface area contributed by atoms with Crippen molar-refractivity contribution in [2.24, 2.45) is 5.73 Å². The van der Waals surface area contributed by atoms with Crippen LogP contribution in [0.3, 0.4) is 0 Å². The highest BCUT2D eigenvalue weighted by Crippen LogP contribution is 2.03. The van der Waals surface area contributed by atoms with Gasteiger partial charge in [-0.05, 0) is 44.5 Å². The van der Waals surface area contributed by atoms with Crippen molar-refractivity contribution in [1.29, 1.82) is 0 Å². The Hall–Kier alpha value is -1.95. The number of benzene rings is 1. The average Bonchev–Trinajstić information content (AvgIpc) is 2.43. The van der Waals surface area contributed by atoms with Crippen LogP contribution in [0.15, 0.2) is 24.3 Å². The maximum absolute atomic E-state index is 12.7. The van der Waals surface area contributed by atoms with Crippen molar-refractivity contribution in [2.45, 2.75) is 32.2 Å². The first kappa shape index (κ1) is 17.1. The summed E-state index contributed by atoms with van der Waals surface area (Å²) in [6.45, 7) is 4.44. The number of rotatable bonds is 7. The van der Waals surface area contributed by atoms with E-state index in [2.05, 4.69) is 10.6 Å². The second-order valence-corrected chi connectivity index (χ2v) is 5.50. The summed E-state index contributed by atoms with van der Waals surface area (Å²) in [6, 6.07) is 5.30. The lowest BCUT2D eigenvalue weighted by molar-refractivity contribution is -0.122. The Bertz CT molecular complexity index is 486. The van der Waals surface area contributed by atoms with Gasteiger partial charge in [0.2, 0.25) is 5.91 Å². The molecule has 4 N–H and O–H groups in total. The Labute approximate surface area is 124 Å². The Morgan fingerprint density at radius 2 is 1.86 bits per heavy atom. The van der Waals surface area contributed by atoms with E-state index in [1.807, 2.05) is 13.8 Å². The van der Waals surface area contributed by atoms with Gasteiger partial charge < -0.3 is 16.4 Å². The van der Waals surface area contributed by atoms with Crippen molar-refractivity contribution in [3.63, 3.8) is 0 Å². The first-order valence-electron chi connectivity index (χ1n) is 6.89. The topological polar surface area (TPSA) is 84.2 Å². The van der Waals surface area contributed by atoms with Crippen LogP contribution < -0.4 is 16.4 Å². The molecule has 0 radical (unpaired) electrons. The van der Waals surface area contributed by atoms with E-state index >= 15 is 0 Å². The van der Waals surface area contributed by atoms with Gasteiger partial charge in [0.15, 0.2) is 0 Å². The summed E-state index contributed by atoms with van der Waals surface area (Å²) >= 11 is 0. The summed E-state index contributed by atoms with van der Waals surface area (Å²) in [7, 11) is 0. The second kappa shape index (κ2) is 7.73. The Morgan fingerprint density at radius 1 is 1.24 bits per heavy atom. The molecule has 0 aliphatic heterocycles. The molecule has 1 aromatic carbocycles. The van der Waals surface area contributed by atoms with E-state index in [1.54, 1.807) is 0 Å². The zero-order valence-corrected chi connectivity index (χ0v) is 12.4. The number of hydrogen-bond donors (Lipinski definition) is 3. The van der Waals surface area contributed by atoms with Gasteiger partial charge in [-0.1, -0.05) is 0 Å². The molecule has 0 aliphatic carbocycles. The molecule has 21 heavy (non-hydrogen) atoms. The molecular formula is C15H22FN3O2.